The lowest BCUT2D eigenvalue weighted by Crippen LogP contribution is -2.44. The highest BCUT2D eigenvalue weighted by Gasteiger charge is 2.37. The molecule has 0 radical (unpaired) electrons. The largest absolute Gasteiger partial charge is 0.455 e. The first kappa shape index (κ1) is 21.0. The van der Waals surface area contributed by atoms with Crippen molar-refractivity contribution < 1.29 is 22.7 Å². The lowest BCUT2D eigenvalue weighted by molar-refractivity contribution is -0.152. The molecule has 0 aromatic heterocycles. The molecule has 0 N–H and O–H groups in total. The predicted molar refractivity (Wildman–Crippen MR) is 111 cm³/mol. The van der Waals surface area contributed by atoms with Crippen LogP contribution in [-0.4, -0.2) is 44.4 Å². The fourth-order valence-corrected chi connectivity index (χ4v) is 5.18. The number of anilines is 1. The van der Waals surface area contributed by atoms with Crippen molar-refractivity contribution in [1.82, 2.24) is 0 Å². The van der Waals surface area contributed by atoms with Crippen LogP contribution in [0.3, 0.4) is 0 Å². The van der Waals surface area contributed by atoms with E-state index in [1.165, 1.54) is 4.90 Å². The van der Waals surface area contributed by atoms with Crippen LogP contribution < -0.4 is 4.90 Å². The molecule has 0 aliphatic carbocycles. The summed E-state index contributed by atoms with van der Waals surface area (Å²) in [6.07, 6.45) is 0.367. The maximum Gasteiger partial charge on any atom is 0.316 e. The van der Waals surface area contributed by atoms with Gasteiger partial charge in [-0.05, 0) is 38.0 Å². The van der Waals surface area contributed by atoms with Crippen molar-refractivity contribution in [3.05, 3.63) is 66.2 Å². The highest BCUT2D eigenvalue weighted by Crippen LogP contribution is 2.26. The molecule has 2 aromatic rings. The van der Waals surface area contributed by atoms with Crippen molar-refractivity contribution in [2.24, 2.45) is 0 Å². The van der Waals surface area contributed by atoms with Crippen molar-refractivity contribution in [3.63, 3.8) is 0 Å². The van der Waals surface area contributed by atoms with Gasteiger partial charge in [0.15, 0.2) is 16.4 Å². The van der Waals surface area contributed by atoms with Crippen molar-refractivity contribution in [2.75, 3.05) is 23.0 Å². The molecular formula is C22H25NO5S. The zero-order valence-corrected chi connectivity index (χ0v) is 17.4. The van der Waals surface area contributed by atoms with Crippen LogP contribution in [-0.2, 0) is 29.6 Å². The Balaban J connectivity index is 1.74. The number of carbonyl (C=O) groups excluding carboxylic acids is 2. The SMILES string of the molecule is CC(C)(C(=O)OCC(=O)N(c1ccccc1)C1CCS(=O)(=O)C1)c1ccccc1. The average Bonchev–Trinajstić information content (AvgIpc) is 3.07. The summed E-state index contributed by atoms with van der Waals surface area (Å²) in [4.78, 5) is 27.1. The van der Waals surface area contributed by atoms with Gasteiger partial charge in [-0.25, -0.2) is 8.42 Å². The summed E-state index contributed by atoms with van der Waals surface area (Å²) in [5.41, 5.74) is 0.479. The Hall–Kier alpha value is -2.67. The fraction of sp³-hybridized carbons (Fsp3) is 0.364. The van der Waals surface area contributed by atoms with Gasteiger partial charge in [-0.3, -0.25) is 9.59 Å². The van der Waals surface area contributed by atoms with Crippen LogP contribution in [0.5, 0.6) is 0 Å². The summed E-state index contributed by atoms with van der Waals surface area (Å²) < 4.78 is 29.2. The second kappa shape index (κ2) is 8.37. The number of rotatable bonds is 6. The molecular weight excluding hydrogens is 390 g/mol. The van der Waals surface area contributed by atoms with E-state index in [4.69, 9.17) is 4.74 Å². The molecule has 1 aliphatic heterocycles. The van der Waals surface area contributed by atoms with E-state index in [0.29, 0.717) is 12.1 Å². The Bertz CT molecular complexity index is 971. The minimum absolute atomic E-state index is 0.0507. The summed E-state index contributed by atoms with van der Waals surface area (Å²) >= 11 is 0. The number of hydrogen-bond donors (Lipinski definition) is 0. The molecule has 6 nitrogen and oxygen atoms in total. The Labute approximate surface area is 171 Å². The molecule has 0 spiro atoms. The predicted octanol–water partition coefficient (Wildman–Crippen LogP) is 2.73. The number of amides is 1. The summed E-state index contributed by atoms with van der Waals surface area (Å²) in [6, 6.07) is 17.6. The average molecular weight is 416 g/mol. The van der Waals surface area contributed by atoms with E-state index < -0.39 is 39.8 Å². The molecule has 0 bridgehead atoms. The number of para-hydroxylation sites is 1. The van der Waals surface area contributed by atoms with Gasteiger partial charge >= 0.3 is 5.97 Å². The summed E-state index contributed by atoms with van der Waals surface area (Å²) in [5, 5.41) is 0. The first-order chi connectivity index (χ1) is 13.7. The van der Waals surface area contributed by atoms with Crippen molar-refractivity contribution in [2.45, 2.75) is 31.7 Å². The highest BCUT2D eigenvalue weighted by molar-refractivity contribution is 7.91. The molecule has 2 aromatic carbocycles. The van der Waals surface area contributed by atoms with Gasteiger partial charge in [0.05, 0.1) is 23.0 Å². The topological polar surface area (TPSA) is 80.8 Å². The van der Waals surface area contributed by atoms with Crippen LogP contribution in [0.4, 0.5) is 5.69 Å². The molecule has 0 saturated carbocycles. The van der Waals surface area contributed by atoms with Crippen LogP contribution in [0.2, 0.25) is 0 Å². The van der Waals surface area contributed by atoms with Crippen LogP contribution in [0.1, 0.15) is 25.8 Å². The second-order valence-electron chi connectivity index (χ2n) is 7.72. The van der Waals surface area contributed by atoms with Gasteiger partial charge in [0.2, 0.25) is 0 Å². The Morgan fingerprint density at radius 3 is 2.17 bits per heavy atom. The molecule has 154 valence electrons. The molecule has 1 fully saturated rings. The Kier molecular flexibility index (Phi) is 6.07. The van der Waals surface area contributed by atoms with E-state index in [0.717, 1.165) is 5.56 Å². The van der Waals surface area contributed by atoms with Crippen LogP contribution >= 0.6 is 0 Å². The number of sulfone groups is 1. The van der Waals surface area contributed by atoms with E-state index in [-0.39, 0.29) is 11.5 Å². The lowest BCUT2D eigenvalue weighted by atomic mass is 9.85. The molecule has 1 atom stereocenters. The summed E-state index contributed by atoms with van der Waals surface area (Å²) in [7, 11) is -3.17. The minimum atomic E-state index is -3.17. The van der Waals surface area contributed by atoms with Gasteiger partial charge in [-0.15, -0.1) is 0 Å². The van der Waals surface area contributed by atoms with Crippen LogP contribution in [0.25, 0.3) is 0 Å². The number of benzene rings is 2. The highest BCUT2D eigenvalue weighted by atomic mass is 32.2. The van der Waals surface area contributed by atoms with Crippen molar-refractivity contribution in [3.8, 4) is 0 Å². The standard InChI is InChI=1S/C22H25NO5S/c1-22(2,17-9-5-3-6-10-17)21(25)28-15-20(24)23(18-11-7-4-8-12-18)19-13-14-29(26,27)16-19/h3-12,19H,13-16H2,1-2H3. The Morgan fingerprint density at radius 1 is 1.03 bits per heavy atom. The molecule has 29 heavy (non-hydrogen) atoms. The molecule has 1 amide bonds. The van der Waals surface area contributed by atoms with E-state index >= 15 is 0 Å². The number of carbonyl (C=O) groups is 2. The van der Waals surface area contributed by atoms with Crippen molar-refractivity contribution in [1.29, 1.82) is 0 Å². The van der Waals surface area contributed by atoms with Crippen LogP contribution in [0, 0.1) is 0 Å². The number of ether oxygens (including phenoxy) is 1. The second-order valence-corrected chi connectivity index (χ2v) is 9.95. The maximum atomic E-state index is 13.0. The van der Waals surface area contributed by atoms with Gasteiger partial charge in [0.25, 0.3) is 5.91 Å². The van der Waals surface area contributed by atoms with Gasteiger partial charge in [-0.1, -0.05) is 48.5 Å². The molecule has 1 unspecified atom stereocenters. The summed E-state index contributed by atoms with van der Waals surface area (Å²) in [6.45, 7) is 3.04. The van der Waals surface area contributed by atoms with Gasteiger partial charge in [0.1, 0.15) is 0 Å². The van der Waals surface area contributed by atoms with Crippen molar-refractivity contribution >= 4 is 27.4 Å². The number of esters is 1. The zero-order chi connectivity index (χ0) is 21.1. The van der Waals surface area contributed by atoms with Gasteiger partial charge in [-0.2, -0.15) is 0 Å². The number of hydrogen-bond acceptors (Lipinski definition) is 5. The van der Waals surface area contributed by atoms with E-state index in [9.17, 15) is 18.0 Å². The molecule has 3 rings (SSSR count). The quantitative estimate of drug-likeness (QED) is 0.678. The zero-order valence-electron chi connectivity index (χ0n) is 16.6. The summed E-state index contributed by atoms with van der Waals surface area (Å²) in [5.74, 6) is -0.980. The van der Waals surface area contributed by atoms with E-state index in [1.54, 1.807) is 38.1 Å². The number of nitrogens with zero attached hydrogens (tertiary/aromatic N) is 1. The first-order valence-electron chi connectivity index (χ1n) is 9.51. The lowest BCUT2D eigenvalue weighted by Gasteiger charge is -2.29. The minimum Gasteiger partial charge on any atom is -0.455 e. The van der Waals surface area contributed by atoms with Gasteiger partial charge < -0.3 is 9.64 Å². The first-order valence-corrected chi connectivity index (χ1v) is 11.3. The smallest absolute Gasteiger partial charge is 0.316 e. The van der Waals surface area contributed by atoms with E-state index in [1.807, 2.05) is 36.4 Å². The molecule has 1 saturated heterocycles. The van der Waals surface area contributed by atoms with E-state index in [2.05, 4.69) is 0 Å². The third-order valence-corrected chi connectivity index (χ3v) is 6.96. The monoisotopic (exact) mass is 415 g/mol. The maximum absolute atomic E-state index is 13.0. The third-order valence-electron chi connectivity index (χ3n) is 5.21. The molecule has 1 aliphatic rings. The van der Waals surface area contributed by atoms with Crippen LogP contribution in [0.15, 0.2) is 60.7 Å². The molecule has 1 heterocycles. The third kappa shape index (κ3) is 4.85. The Morgan fingerprint density at radius 2 is 1.62 bits per heavy atom. The normalized spacial score (nSPS) is 18.2. The molecule has 7 heteroatoms. The van der Waals surface area contributed by atoms with Gasteiger partial charge in [0, 0.05) is 5.69 Å². The fourth-order valence-electron chi connectivity index (χ4n) is 3.48.